The number of hydrogen-bond donors (Lipinski definition) is 12. The molecule has 1 heterocycles. The van der Waals surface area contributed by atoms with E-state index in [0.29, 0.717) is 19.8 Å². The highest BCUT2D eigenvalue weighted by atomic mass is 31.3. The molecule has 0 aromatic rings. The summed E-state index contributed by atoms with van der Waals surface area (Å²) < 4.78 is 67.1. The number of aliphatic carboxylic acids is 6. The molecule has 1 aliphatic heterocycles. The van der Waals surface area contributed by atoms with Gasteiger partial charge in [0.15, 0.2) is 0 Å². The highest BCUT2D eigenvalue weighted by Crippen LogP contribution is 2.75. The molecule has 3 amide bonds. The Kier molecular flexibility index (Phi) is 38.0. The molecule has 0 spiro atoms. The monoisotopic (exact) mass is 1190 g/mol. The minimum Gasteiger partial charge on any atom is -0.481 e. The number of carboxylic acids is 6. The van der Waals surface area contributed by atoms with Gasteiger partial charge in [0, 0.05) is 19.8 Å². The van der Waals surface area contributed by atoms with Gasteiger partial charge in [0.2, 0.25) is 17.7 Å². The second-order valence-electron chi connectivity index (χ2n) is 16.3. The van der Waals surface area contributed by atoms with Crippen molar-refractivity contribution in [3.63, 3.8) is 0 Å². The quantitative estimate of drug-likeness (QED) is 0.0301. The molecule has 450 valence electrons. The van der Waals surface area contributed by atoms with E-state index in [1.807, 2.05) is 20.8 Å². The second kappa shape index (κ2) is 41.5. The van der Waals surface area contributed by atoms with Crippen molar-refractivity contribution in [1.29, 1.82) is 0 Å². The van der Waals surface area contributed by atoms with E-state index in [4.69, 9.17) is 55.5 Å². The summed E-state index contributed by atoms with van der Waals surface area (Å²) >= 11 is 0. The van der Waals surface area contributed by atoms with Gasteiger partial charge in [-0.15, -0.1) is 0 Å². The largest absolute Gasteiger partial charge is 0.481 e. The van der Waals surface area contributed by atoms with Gasteiger partial charge in [-0.1, -0.05) is 40.0 Å². The van der Waals surface area contributed by atoms with Crippen molar-refractivity contribution < 1.29 is 116 Å². The average Bonchev–Trinajstić information content (AvgIpc) is 3.39. The van der Waals surface area contributed by atoms with Crippen molar-refractivity contribution in [1.82, 2.24) is 31.2 Å². The number of nitrogens with one attached hydrogen (secondary N) is 6. The number of unbranched alkanes of at least 4 members (excludes halogenated alkanes) is 3. The molecule has 3 atom stereocenters. The number of carbonyl (C=O) groups excluding carboxylic acids is 3. The van der Waals surface area contributed by atoms with Crippen LogP contribution in [-0.4, -0.2) is 221 Å². The predicted octanol–water partition coefficient (Wildman–Crippen LogP) is 1.29. The molecule has 1 rings (SSSR count). The fraction of sp³-hybridized carbons (Fsp3) is 0.786. The standard InChI is InChI=1S/C42H78N9O24P3/c1-4-7-10-67-13-16-70-19-22-73-76(43-28-34(52)46-31(40(61)62)25-37(55)56)49-77(74-23-20-71-17-14-68-11-8-5-2,44-29-35(53)47-32(41(63)64)26-38(57)58)51-78(50-76,75-24-21-72-18-15-69-12-9-6-3)45-30-36(54)48-33(42(65)66)27-39(59)60/h31-33,43-45H,4-30H2,1-3H3,(H,46,52)(H,47,53)(H,48,54)(H,55,56)(H,57,58)(H,59,60)(H,61,62)(H,63,64)(H,65,66)/t31-,32-,33-,76?,77?,78?/m0/s1. The van der Waals surface area contributed by atoms with E-state index in [2.05, 4.69) is 31.2 Å². The zero-order valence-electron chi connectivity index (χ0n) is 44.0. The summed E-state index contributed by atoms with van der Waals surface area (Å²) in [6, 6.07) is -5.83. The molecular weight excluding hydrogens is 1110 g/mol. The lowest BCUT2D eigenvalue weighted by Gasteiger charge is -2.35. The minimum atomic E-state index is -4.48. The first-order valence-corrected chi connectivity index (χ1v) is 29.8. The van der Waals surface area contributed by atoms with Gasteiger partial charge in [-0.05, 0) is 19.3 Å². The van der Waals surface area contributed by atoms with Crippen LogP contribution in [0.4, 0.5) is 0 Å². The van der Waals surface area contributed by atoms with Crippen molar-refractivity contribution >= 4 is 76.3 Å². The Morgan fingerprint density at radius 1 is 0.359 bits per heavy atom. The van der Waals surface area contributed by atoms with Gasteiger partial charge in [0.05, 0.1) is 118 Å². The van der Waals surface area contributed by atoms with Gasteiger partial charge < -0.3 is 88.6 Å². The van der Waals surface area contributed by atoms with E-state index in [-0.39, 0.29) is 59.5 Å². The summed E-state index contributed by atoms with van der Waals surface area (Å²) in [4.78, 5) is 111. The molecule has 0 aromatic carbocycles. The van der Waals surface area contributed by atoms with Crippen molar-refractivity contribution in [2.75, 3.05) is 119 Å². The normalized spacial score (nSPS) is 19.0. The Bertz CT molecular complexity index is 1830. The van der Waals surface area contributed by atoms with Gasteiger partial charge >= 0.3 is 35.8 Å². The zero-order valence-corrected chi connectivity index (χ0v) is 46.7. The van der Waals surface area contributed by atoms with Crippen LogP contribution in [0, 0.1) is 0 Å². The summed E-state index contributed by atoms with van der Waals surface area (Å²) in [5, 5.41) is 71.6. The van der Waals surface area contributed by atoms with E-state index in [1.54, 1.807) is 0 Å². The summed E-state index contributed by atoms with van der Waals surface area (Å²) in [5.74, 6) is -13.3. The lowest BCUT2D eigenvalue weighted by atomic mass is 10.2. The number of amides is 3. The average molecular weight is 1190 g/mol. The molecule has 0 bridgehead atoms. The molecule has 1 aliphatic rings. The molecule has 0 aromatic heterocycles. The summed E-state index contributed by atoms with van der Waals surface area (Å²) in [5.41, 5.74) is 0. The predicted molar refractivity (Wildman–Crippen MR) is 275 cm³/mol. The molecule has 0 aliphatic carbocycles. The minimum absolute atomic E-state index is 0.0667. The molecule has 33 nitrogen and oxygen atoms in total. The highest BCUT2D eigenvalue weighted by Gasteiger charge is 2.42. The molecule has 78 heavy (non-hydrogen) atoms. The van der Waals surface area contributed by atoms with Crippen LogP contribution < -0.4 is 31.2 Å². The van der Waals surface area contributed by atoms with Crippen LogP contribution in [0.15, 0.2) is 13.5 Å². The molecule has 12 N–H and O–H groups in total. The maximum atomic E-state index is 13.6. The van der Waals surface area contributed by atoms with Crippen molar-refractivity contribution in [2.24, 2.45) is 13.5 Å². The summed E-state index contributed by atoms with van der Waals surface area (Å²) in [6.07, 6.45) is 1.89. The SMILES string of the molecule is CCCCOCCOCCOP1(NCC(=O)N[C@@H](CC(=O)O)C(=O)O)=NP(NCC(=O)N[C@@H](CC(=O)O)C(=O)O)(OCCOCCOCCCC)=NP(NCC(=O)N[C@@H](CC(=O)O)C(=O)O)(OCCOCCOCCCC)=N1. The van der Waals surface area contributed by atoms with Gasteiger partial charge in [-0.3, -0.25) is 28.8 Å². The fourth-order valence-corrected chi connectivity index (χ4v) is 16.2. The number of hydrogen-bond acceptors (Lipinski definition) is 24. The number of nitrogens with zero attached hydrogens (tertiary/aromatic N) is 3. The summed E-state index contributed by atoms with van der Waals surface area (Å²) in [7, 11) is -13.5. The maximum absolute atomic E-state index is 13.6. The van der Waals surface area contributed by atoms with Crippen LogP contribution in [-0.2, 0) is 85.1 Å². The first kappa shape index (κ1) is 71.5. The Labute approximate surface area is 451 Å². The fourth-order valence-electron chi connectivity index (χ4n) is 5.79. The van der Waals surface area contributed by atoms with Crippen LogP contribution in [0.3, 0.4) is 0 Å². The van der Waals surface area contributed by atoms with E-state index in [0.717, 1.165) is 38.5 Å². The van der Waals surface area contributed by atoms with Crippen LogP contribution in [0.25, 0.3) is 0 Å². The maximum Gasteiger partial charge on any atom is 0.326 e. The van der Waals surface area contributed by atoms with Crippen LogP contribution >= 0.6 is 22.7 Å². The lowest BCUT2D eigenvalue weighted by molar-refractivity contribution is -0.147. The van der Waals surface area contributed by atoms with E-state index in [1.165, 1.54) is 0 Å². The van der Waals surface area contributed by atoms with E-state index < -0.39 is 153 Å². The van der Waals surface area contributed by atoms with Gasteiger partial charge in [-0.25, -0.2) is 29.6 Å². The van der Waals surface area contributed by atoms with Crippen molar-refractivity contribution in [3.05, 3.63) is 0 Å². The number of ether oxygens (including phenoxy) is 6. The third-order valence-corrected chi connectivity index (χ3v) is 18.8. The molecule has 0 saturated heterocycles. The van der Waals surface area contributed by atoms with Crippen LogP contribution in [0.2, 0.25) is 0 Å². The van der Waals surface area contributed by atoms with Crippen LogP contribution in [0.5, 0.6) is 0 Å². The Morgan fingerprint density at radius 3 is 0.782 bits per heavy atom. The number of carboxylic acid groups (broad SMARTS) is 6. The van der Waals surface area contributed by atoms with Crippen LogP contribution in [0.1, 0.15) is 78.6 Å². The van der Waals surface area contributed by atoms with E-state index >= 15 is 0 Å². The number of carbonyl (C=O) groups is 9. The molecular formula is C42H78N9O24P3. The first-order chi connectivity index (χ1) is 37.1. The Balaban J connectivity index is 4.27. The third-order valence-electron chi connectivity index (χ3n) is 9.64. The molecule has 0 radical (unpaired) electrons. The topological polar surface area (TPSA) is 467 Å². The third kappa shape index (κ3) is 33.1. The molecule has 36 heteroatoms. The Hall–Kier alpha value is -4.56. The summed E-state index contributed by atoms with van der Waals surface area (Å²) in [6.45, 7) is 3.25. The first-order valence-electron chi connectivity index (χ1n) is 24.9. The van der Waals surface area contributed by atoms with Crippen molar-refractivity contribution in [3.8, 4) is 0 Å². The second-order valence-corrected chi connectivity index (χ2v) is 23.4. The molecule has 0 saturated carbocycles. The highest BCUT2D eigenvalue weighted by molar-refractivity contribution is 7.81. The lowest BCUT2D eigenvalue weighted by Crippen LogP contribution is -2.46. The molecule has 0 unspecified atom stereocenters. The van der Waals surface area contributed by atoms with Gasteiger partial charge in [-0.2, -0.15) is 13.5 Å². The van der Waals surface area contributed by atoms with Crippen molar-refractivity contribution in [2.45, 2.75) is 96.7 Å². The van der Waals surface area contributed by atoms with E-state index in [9.17, 15) is 73.8 Å². The molecule has 0 fully saturated rings. The smallest absolute Gasteiger partial charge is 0.326 e. The number of rotatable bonds is 51. The van der Waals surface area contributed by atoms with Gasteiger partial charge in [0.25, 0.3) is 22.7 Å². The zero-order chi connectivity index (χ0) is 58.2. The Morgan fingerprint density at radius 2 is 0.577 bits per heavy atom. The van der Waals surface area contributed by atoms with Gasteiger partial charge in [0.1, 0.15) is 18.1 Å².